The fourth-order valence-electron chi connectivity index (χ4n) is 1.57. The van der Waals surface area contributed by atoms with Crippen molar-refractivity contribution in [1.29, 1.82) is 0 Å². The van der Waals surface area contributed by atoms with Crippen molar-refractivity contribution in [3.8, 4) is 11.1 Å². The predicted octanol–water partition coefficient (Wildman–Crippen LogP) is 0.201. The van der Waals surface area contributed by atoms with Gasteiger partial charge in [0.15, 0.2) is 12.4 Å². The standard InChI is InChI=1S/C13H11F3N.HI/c1-17-7-5-10(6-8-17)11-3-2-4-12(9-11)13(14,15)16;/h2-9H,1H3;1H/q+1;/p-1. The van der Waals surface area contributed by atoms with Gasteiger partial charge in [-0.05, 0) is 23.3 Å². The minimum atomic E-state index is -4.30. The van der Waals surface area contributed by atoms with E-state index in [1.54, 1.807) is 30.6 Å². The zero-order valence-corrected chi connectivity index (χ0v) is 11.7. The Hall–Kier alpha value is -1.11. The highest BCUT2D eigenvalue weighted by atomic mass is 127. The Labute approximate surface area is 120 Å². The quantitative estimate of drug-likeness (QED) is 0.503. The van der Waals surface area contributed by atoms with Gasteiger partial charge in [-0.25, -0.2) is 4.57 Å². The van der Waals surface area contributed by atoms with Crippen LogP contribution in [0.1, 0.15) is 5.56 Å². The summed E-state index contributed by atoms with van der Waals surface area (Å²) in [7, 11) is 1.86. The third-order valence-electron chi connectivity index (χ3n) is 2.50. The fraction of sp³-hybridized carbons (Fsp3) is 0.154. The lowest BCUT2D eigenvalue weighted by Gasteiger charge is -2.08. The summed E-state index contributed by atoms with van der Waals surface area (Å²) in [5.74, 6) is 0. The molecule has 0 atom stereocenters. The number of alkyl halides is 3. The third kappa shape index (κ3) is 3.44. The molecule has 2 aromatic rings. The SMILES string of the molecule is C[n+]1ccc(-c2cccc(C(F)(F)F)c2)cc1.[I-]. The van der Waals surface area contributed by atoms with Crippen LogP contribution in [-0.2, 0) is 13.2 Å². The van der Waals surface area contributed by atoms with Crippen LogP contribution >= 0.6 is 0 Å². The zero-order valence-electron chi connectivity index (χ0n) is 9.58. The Balaban J connectivity index is 0.00000162. The molecule has 0 aliphatic heterocycles. The van der Waals surface area contributed by atoms with Crippen molar-refractivity contribution in [2.75, 3.05) is 0 Å². The van der Waals surface area contributed by atoms with Crippen molar-refractivity contribution in [3.05, 3.63) is 54.4 Å². The minimum Gasteiger partial charge on any atom is -1.00 e. The van der Waals surface area contributed by atoms with Crippen LogP contribution < -0.4 is 28.5 Å². The Kier molecular flexibility index (Phi) is 4.72. The van der Waals surface area contributed by atoms with E-state index in [9.17, 15) is 13.2 Å². The van der Waals surface area contributed by atoms with Gasteiger partial charge in [-0.2, -0.15) is 13.2 Å². The second-order valence-corrected chi connectivity index (χ2v) is 3.83. The number of halogens is 4. The summed E-state index contributed by atoms with van der Waals surface area (Å²) < 4.78 is 39.5. The first-order valence-corrected chi connectivity index (χ1v) is 5.10. The molecule has 5 heteroatoms. The van der Waals surface area contributed by atoms with Crippen LogP contribution in [0.2, 0.25) is 0 Å². The van der Waals surface area contributed by atoms with E-state index in [0.29, 0.717) is 5.56 Å². The van der Waals surface area contributed by atoms with E-state index in [1.807, 2.05) is 11.6 Å². The van der Waals surface area contributed by atoms with E-state index in [2.05, 4.69) is 0 Å². The number of nitrogens with zero attached hydrogens (tertiary/aromatic N) is 1. The molecule has 0 amide bonds. The predicted molar refractivity (Wildman–Crippen MR) is 58.1 cm³/mol. The number of benzene rings is 1. The van der Waals surface area contributed by atoms with Gasteiger partial charge in [0, 0.05) is 12.1 Å². The first-order chi connectivity index (χ1) is 7.97. The molecule has 0 saturated heterocycles. The fourth-order valence-corrected chi connectivity index (χ4v) is 1.57. The summed E-state index contributed by atoms with van der Waals surface area (Å²) in [4.78, 5) is 0. The van der Waals surface area contributed by atoms with Gasteiger partial charge in [-0.15, -0.1) is 0 Å². The molecule has 0 N–H and O–H groups in total. The minimum absolute atomic E-state index is 0. The molecule has 1 nitrogen and oxygen atoms in total. The van der Waals surface area contributed by atoms with Crippen LogP contribution in [0, 0.1) is 0 Å². The molecule has 0 saturated carbocycles. The van der Waals surface area contributed by atoms with Gasteiger partial charge in [0.05, 0.1) is 5.56 Å². The number of aromatic nitrogens is 1. The van der Waals surface area contributed by atoms with Crippen LogP contribution in [0.15, 0.2) is 48.8 Å². The largest absolute Gasteiger partial charge is 1.00 e. The van der Waals surface area contributed by atoms with E-state index < -0.39 is 11.7 Å². The van der Waals surface area contributed by atoms with E-state index in [4.69, 9.17) is 0 Å². The number of aryl methyl sites for hydroxylation is 1. The number of pyridine rings is 1. The highest BCUT2D eigenvalue weighted by molar-refractivity contribution is 5.63. The molecule has 1 aromatic heterocycles. The van der Waals surface area contributed by atoms with Crippen LogP contribution in [0.5, 0.6) is 0 Å². The summed E-state index contributed by atoms with van der Waals surface area (Å²) in [5.41, 5.74) is 0.720. The van der Waals surface area contributed by atoms with Gasteiger partial charge in [-0.3, -0.25) is 0 Å². The Bertz CT molecular complexity index is 521. The number of hydrogen-bond donors (Lipinski definition) is 0. The van der Waals surface area contributed by atoms with Crippen molar-refractivity contribution in [2.24, 2.45) is 7.05 Å². The summed E-state index contributed by atoms with van der Waals surface area (Å²) in [5, 5.41) is 0. The average molecular weight is 365 g/mol. The lowest BCUT2D eigenvalue weighted by molar-refractivity contribution is -0.671. The normalized spacial score (nSPS) is 10.9. The molecule has 0 aliphatic carbocycles. The van der Waals surface area contributed by atoms with Crippen molar-refractivity contribution >= 4 is 0 Å². The Morgan fingerprint density at radius 2 is 1.56 bits per heavy atom. The smallest absolute Gasteiger partial charge is 0.416 e. The van der Waals surface area contributed by atoms with Crippen molar-refractivity contribution in [3.63, 3.8) is 0 Å². The molecule has 0 spiro atoms. The molecular weight excluding hydrogens is 354 g/mol. The molecular formula is C13H11F3IN. The van der Waals surface area contributed by atoms with Gasteiger partial charge in [-0.1, -0.05) is 12.1 Å². The maximum Gasteiger partial charge on any atom is 0.416 e. The van der Waals surface area contributed by atoms with E-state index in [1.165, 1.54) is 6.07 Å². The van der Waals surface area contributed by atoms with Gasteiger partial charge in [0.1, 0.15) is 7.05 Å². The summed E-state index contributed by atoms with van der Waals surface area (Å²) in [6.07, 6.45) is -0.694. The van der Waals surface area contributed by atoms with Crippen LogP contribution in [0.4, 0.5) is 13.2 Å². The van der Waals surface area contributed by atoms with Gasteiger partial charge in [0.2, 0.25) is 0 Å². The van der Waals surface area contributed by atoms with Crippen LogP contribution in [-0.4, -0.2) is 0 Å². The molecule has 96 valence electrons. The van der Waals surface area contributed by atoms with Gasteiger partial charge in [0.25, 0.3) is 0 Å². The molecule has 1 aromatic carbocycles. The van der Waals surface area contributed by atoms with E-state index in [-0.39, 0.29) is 24.0 Å². The molecule has 0 unspecified atom stereocenters. The highest BCUT2D eigenvalue weighted by Gasteiger charge is 2.30. The Morgan fingerprint density at radius 1 is 0.944 bits per heavy atom. The second kappa shape index (κ2) is 5.69. The maximum atomic E-state index is 12.5. The molecule has 1 heterocycles. The van der Waals surface area contributed by atoms with Gasteiger partial charge < -0.3 is 24.0 Å². The lowest BCUT2D eigenvalue weighted by atomic mass is 10.0. The lowest BCUT2D eigenvalue weighted by Crippen LogP contribution is -3.00. The molecule has 0 bridgehead atoms. The van der Waals surface area contributed by atoms with Crippen molar-refractivity contribution in [2.45, 2.75) is 6.18 Å². The third-order valence-corrected chi connectivity index (χ3v) is 2.50. The van der Waals surface area contributed by atoms with Crippen molar-refractivity contribution in [1.82, 2.24) is 0 Å². The molecule has 0 aliphatic rings. The monoisotopic (exact) mass is 365 g/mol. The number of rotatable bonds is 1. The zero-order chi connectivity index (χ0) is 12.5. The second-order valence-electron chi connectivity index (χ2n) is 3.83. The molecule has 18 heavy (non-hydrogen) atoms. The highest BCUT2D eigenvalue weighted by Crippen LogP contribution is 2.31. The van der Waals surface area contributed by atoms with Gasteiger partial charge >= 0.3 is 6.18 Å². The van der Waals surface area contributed by atoms with E-state index >= 15 is 0 Å². The van der Waals surface area contributed by atoms with E-state index in [0.717, 1.165) is 17.7 Å². The van der Waals surface area contributed by atoms with Crippen molar-refractivity contribution < 1.29 is 41.7 Å². The van der Waals surface area contributed by atoms with Crippen LogP contribution in [0.3, 0.4) is 0 Å². The van der Waals surface area contributed by atoms with Crippen LogP contribution in [0.25, 0.3) is 11.1 Å². The first kappa shape index (κ1) is 14.9. The summed E-state index contributed by atoms with van der Waals surface area (Å²) in [6, 6.07) is 8.91. The summed E-state index contributed by atoms with van der Waals surface area (Å²) >= 11 is 0. The Morgan fingerprint density at radius 3 is 2.11 bits per heavy atom. The topological polar surface area (TPSA) is 3.88 Å². The number of hydrogen-bond acceptors (Lipinski definition) is 0. The maximum absolute atomic E-state index is 12.5. The molecule has 0 fully saturated rings. The molecule has 2 rings (SSSR count). The summed E-state index contributed by atoms with van der Waals surface area (Å²) in [6.45, 7) is 0. The first-order valence-electron chi connectivity index (χ1n) is 5.10. The average Bonchev–Trinajstić information content (AvgIpc) is 2.29. The molecule has 0 radical (unpaired) electrons.